The minimum Gasteiger partial charge on any atom is -0.303 e. The second kappa shape index (κ2) is 4.63. The predicted molar refractivity (Wildman–Crippen MR) is 68.4 cm³/mol. The van der Waals surface area contributed by atoms with Crippen LogP contribution in [0.1, 0.15) is 23.2 Å². The summed E-state index contributed by atoms with van der Waals surface area (Å²) in [6, 6.07) is 4.27. The summed E-state index contributed by atoms with van der Waals surface area (Å²) in [7, 11) is 0. The van der Waals surface area contributed by atoms with Gasteiger partial charge in [0, 0.05) is 18.0 Å². The monoisotopic (exact) mass is 267 g/mol. The molecule has 3 fully saturated rings. The highest BCUT2D eigenvalue weighted by atomic mass is 35.5. The molecule has 0 aromatic heterocycles. The standard InChI is InChI=1S/C14H15ClFNO/c15-12-7-10(1-2-13(12)16)14(18)11-8-17-5-3-9(11)4-6-17/h1-2,7,9,11H,3-6,8H2. The summed E-state index contributed by atoms with van der Waals surface area (Å²) < 4.78 is 13.1. The Labute approximate surface area is 111 Å². The van der Waals surface area contributed by atoms with E-state index in [9.17, 15) is 9.18 Å². The number of carbonyl (C=O) groups excluding carboxylic acids is 1. The van der Waals surface area contributed by atoms with Crippen molar-refractivity contribution in [2.75, 3.05) is 19.6 Å². The highest BCUT2D eigenvalue weighted by Gasteiger charge is 2.38. The molecule has 0 saturated carbocycles. The summed E-state index contributed by atoms with van der Waals surface area (Å²) in [5.74, 6) is 0.203. The minimum atomic E-state index is -0.470. The lowest BCUT2D eigenvalue weighted by Gasteiger charge is -2.44. The molecule has 3 aliphatic rings. The molecule has 1 unspecified atom stereocenters. The van der Waals surface area contributed by atoms with Gasteiger partial charge in [-0.3, -0.25) is 4.79 Å². The average molecular weight is 268 g/mol. The normalized spacial score (nSPS) is 30.4. The Kier molecular flexibility index (Phi) is 3.12. The minimum absolute atomic E-state index is 0.0297. The number of benzene rings is 1. The zero-order valence-corrected chi connectivity index (χ0v) is 10.8. The Morgan fingerprint density at radius 2 is 2.06 bits per heavy atom. The number of fused-ring (bicyclic) bond motifs is 3. The molecule has 96 valence electrons. The summed E-state index contributed by atoms with van der Waals surface area (Å²) in [5, 5.41) is 0.0297. The first-order valence-corrected chi connectivity index (χ1v) is 6.74. The lowest BCUT2D eigenvalue weighted by Crippen LogP contribution is -2.50. The third kappa shape index (κ3) is 2.06. The summed E-state index contributed by atoms with van der Waals surface area (Å²) in [4.78, 5) is 14.8. The molecule has 2 bridgehead atoms. The van der Waals surface area contributed by atoms with Crippen molar-refractivity contribution in [3.63, 3.8) is 0 Å². The number of nitrogens with zero attached hydrogens (tertiary/aromatic N) is 1. The van der Waals surface area contributed by atoms with Crippen LogP contribution in [0.2, 0.25) is 5.02 Å². The van der Waals surface area contributed by atoms with Crippen LogP contribution in [0.15, 0.2) is 18.2 Å². The van der Waals surface area contributed by atoms with E-state index in [1.165, 1.54) is 12.1 Å². The molecule has 2 nitrogen and oxygen atoms in total. The van der Waals surface area contributed by atoms with Gasteiger partial charge in [-0.25, -0.2) is 4.39 Å². The van der Waals surface area contributed by atoms with Crippen LogP contribution in [-0.4, -0.2) is 30.3 Å². The molecule has 0 amide bonds. The largest absolute Gasteiger partial charge is 0.303 e. The van der Waals surface area contributed by atoms with E-state index < -0.39 is 5.82 Å². The van der Waals surface area contributed by atoms with Crippen LogP contribution in [0, 0.1) is 17.7 Å². The van der Waals surface area contributed by atoms with Crippen LogP contribution >= 0.6 is 11.6 Å². The summed E-state index contributed by atoms with van der Waals surface area (Å²) >= 11 is 5.74. The Morgan fingerprint density at radius 3 is 2.61 bits per heavy atom. The quantitative estimate of drug-likeness (QED) is 0.768. The SMILES string of the molecule is O=C(c1ccc(F)c(Cl)c1)C1CN2CCC1CC2. The highest BCUT2D eigenvalue weighted by Crippen LogP contribution is 2.34. The molecule has 1 atom stereocenters. The highest BCUT2D eigenvalue weighted by molar-refractivity contribution is 6.31. The summed E-state index contributed by atoms with van der Waals surface area (Å²) in [6.45, 7) is 3.07. The van der Waals surface area contributed by atoms with Crippen LogP contribution in [-0.2, 0) is 0 Å². The summed E-state index contributed by atoms with van der Waals surface area (Å²) in [5.41, 5.74) is 0.542. The van der Waals surface area contributed by atoms with Gasteiger partial charge in [-0.15, -0.1) is 0 Å². The van der Waals surface area contributed by atoms with Gasteiger partial charge in [-0.05, 0) is 50.0 Å². The Hall–Kier alpha value is -0.930. The van der Waals surface area contributed by atoms with E-state index in [0.29, 0.717) is 11.5 Å². The number of Topliss-reactive ketones (excluding diaryl/α,β-unsaturated/α-hetero) is 1. The number of rotatable bonds is 2. The maximum Gasteiger partial charge on any atom is 0.167 e. The Bertz CT molecular complexity index is 483. The van der Waals surface area contributed by atoms with Crippen LogP contribution in [0.5, 0.6) is 0 Å². The van der Waals surface area contributed by atoms with Gasteiger partial charge in [-0.1, -0.05) is 11.6 Å². The van der Waals surface area contributed by atoms with Crippen LogP contribution in [0.3, 0.4) is 0 Å². The van der Waals surface area contributed by atoms with Gasteiger partial charge in [0.25, 0.3) is 0 Å². The zero-order chi connectivity index (χ0) is 12.7. The molecule has 3 saturated heterocycles. The molecule has 0 spiro atoms. The maximum atomic E-state index is 13.1. The van der Waals surface area contributed by atoms with Gasteiger partial charge in [0.15, 0.2) is 5.78 Å². The molecule has 1 aromatic rings. The molecule has 18 heavy (non-hydrogen) atoms. The fourth-order valence-corrected chi connectivity index (χ4v) is 3.31. The second-order valence-electron chi connectivity index (χ2n) is 5.24. The molecule has 1 aromatic carbocycles. The van der Waals surface area contributed by atoms with Gasteiger partial charge >= 0.3 is 0 Å². The third-order valence-electron chi connectivity index (χ3n) is 4.20. The number of piperidine rings is 3. The topological polar surface area (TPSA) is 20.3 Å². The van der Waals surface area contributed by atoms with Crippen molar-refractivity contribution in [3.05, 3.63) is 34.6 Å². The lowest BCUT2D eigenvalue weighted by atomic mass is 9.75. The van der Waals surface area contributed by atoms with E-state index in [0.717, 1.165) is 32.5 Å². The maximum absolute atomic E-state index is 13.1. The van der Waals surface area contributed by atoms with Crippen molar-refractivity contribution in [3.8, 4) is 0 Å². The Balaban J connectivity index is 1.84. The van der Waals surface area contributed by atoms with Gasteiger partial charge in [0.1, 0.15) is 5.82 Å². The molecule has 0 N–H and O–H groups in total. The number of hydrogen-bond donors (Lipinski definition) is 0. The third-order valence-corrected chi connectivity index (χ3v) is 4.49. The second-order valence-corrected chi connectivity index (χ2v) is 5.64. The Morgan fingerprint density at radius 1 is 1.33 bits per heavy atom. The molecule has 0 aliphatic carbocycles. The first kappa shape index (κ1) is 12.1. The molecular formula is C14H15ClFNO. The molecule has 4 rings (SSSR count). The van der Waals surface area contributed by atoms with Crippen molar-refractivity contribution >= 4 is 17.4 Å². The van der Waals surface area contributed by atoms with Crippen molar-refractivity contribution in [1.29, 1.82) is 0 Å². The first-order chi connectivity index (χ1) is 8.65. The molecule has 0 radical (unpaired) electrons. The average Bonchev–Trinajstić information content (AvgIpc) is 2.42. The van der Waals surface area contributed by atoms with Crippen molar-refractivity contribution in [2.24, 2.45) is 11.8 Å². The van der Waals surface area contributed by atoms with Crippen molar-refractivity contribution < 1.29 is 9.18 Å². The first-order valence-electron chi connectivity index (χ1n) is 6.37. The predicted octanol–water partition coefficient (Wildman–Crippen LogP) is 3.00. The molecule has 3 aliphatic heterocycles. The molecular weight excluding hydrogens is 253 g/mol. The number of halogens is 2. The van der Waals surface area contributed by atoms with Crippen LogP contribution < -0.4 is 0 Å². The smallest absolute Gasteiger partial charge is 0.167 e. The van der Waals surface area contributed by atoms with E-state index in [2.05, 4.69) is 4.90 Å². The van der Waals surface area contributed by atoms with E-state index >= 15 is 0 Å². The van der Waals surface area contributed by atoms with Crippen molar-refractivity contribution in [1.82, 2.24) is 4.90 Å². The van der Waals surface area contributed by atoms with E-state index in [-0.39, 0.29) is 16.7 Å². The van der Waals surface area contributed by atoms with E-state index in [1.807, 2.05) is 0 Å². The number of ketones is 1. The number of carbonyl (C=O) groups is 1. The molecule has 4 heteroatoms. The van der Waals surface area contributed by atoms with Crippen molar-refractivity contribution in [2.45, 2.75) is 12.8 Å². The summed E-state index contributed by atoms with van der Waals surface area (Å²) in [6.07, 6.45) is 2.21. The van der Waals surface area contributed by atoms with Crippen LogP contribution in [0.4, 0.5) is 4.39 Å². The van der Waals surface area contributed by atoms with Gasteiger partial charge in [0.05, 0.1) is 5.02 Å². The van der Waals surface area contributed by atoms with Gasteiger partial charge in [0.2, 0.25) is 0 Å². The van der Waals surface area contributed by atoms with E-state index in [4.69, 9.17) is 11.6 Å². The fraction of sp³-hybridized carbons (Fsp3) is 0.500. The lowest BCUT2D eigenvalue weighted by molar-refractivity contribution is 0.0419. The van der Waals surface area contributed by atoms with Gasteiger partial charge < -0.3 is 4.90 Å². The van der Waals surface area contributed by atoms with Gasteiger partial charge in [-0.2, -0.15) is 0 Å². The van der Waals surface area contributed by atoms with E-state index in [1.54, 1.807) is 6.07 Å². The van der Waals surface area contributed by atoms with Crippen LogP contribution in [0.25, 0.3) is 0 Å². The fourth-order valence-electron chi connectivity index (χ4n) is 3.13. The number of hydrogen-bond acceptors (Lipinski definition) is 2. The molecule has 3 heterocycles. The zero-order valence-electron chi connectivity index (χ0n) is 10.0.